The van der Waals surface area contributed by atoms with Crippen LogP contribution >= 0.6 is 0 Å². The molecule has 3 aliphatic rings. The van der Waals surface area contributed by atoms with E-state index in [0.29, 0.717) is 17.3 Å². The third-order valence-electron chi connectivity index (χ3n) is 9.45. The molecule has 0 saturated carbocycles. The van der Waals surface area contributed by atoms with Crippen LogP contribution in [0.3, 0.4) is 0 Å². The number of hydrogen-bond acceptors (Lipinski definition) is 8. The lowest BCUT2D eigenvalue weighted by molar-refractivity contribution is -0.0712. The summed E-state index contributed by atoms with van der Waals surface area (Å²) in [5, 5.41) is 16.4. The van der Waals surface area contributed by atoms with Gasteiger partial charge in [0.05, 0.1) is 47.4 Å². The van der Waals surface area contributed by atoms with Gasteiger partial charge in [0.2, 0.25) is 0 Å². The number of likely N-dealkylation sites (tertiary alicyclic amines) is 1. The standard InChI is InChI=1S/C35H34FN7O3/c1-21-38-34(41-40-21)24-7-9-30-29(17-24)39-32(43(30)19-25-12-15-44-25)20-42-13-10-23(11-14-42)26-4-3-5-31-33(26)46-35(2,45-31)27-8-6-22(18-37)16-28(27)36/h3-9,16-17,23,25H,10-15,19-20H2,1-2H3,(H,38,40,41). The Morgan fingerprint density at radius 1 is 1.07 bits per heavy atom. The van der Waals surface area contributed by atoms with E-state index in [-0.39, 0.29) is 23.1 Å². The fourth-order valence-electron chi connectivity index (χ4n) is 6.88. The lowest BCUT2D eigenvalue weighted by Gasteiger charge is -2.33. The SMILES string of the molecule is Cc1nc(-c2ccc3c(c2)nc(CN2CCC(c4cccc5c4OC(C)(c4ccc(C#N)cc4F)O5)CC2)n3CC2CCO2)n[nH]1. The second kappa shape index (κ2) is 11.2. The first-order valence-corrected chi connectivity index (χ1v) is 15.8. The van der Waals surface area contributed by atoms with Gasteiger partial charge < -0.3 is 18.8 Å². The van der Waals surface area contributed by atoms with Gasteiger partial charge in [-0.25, -0.2) is 14.4 Å². The zero-order valence-corrected chi connectivity index (χ0v) is 25.8. The highest BCUT2D eigenvalue weighted by atomic mass is 19.1. The molecule has 5 heterocycles. The van der Waals surface area contributed by atoms with E-state index in [9.17, 15) is 4.39 Å². The summed E-state index contributed by atoms with van der Waals surface area (Å²) in [4.78, 5) is 12.1. The van der Waals surface area contributed by atoms with Crippen molar-refractivity contribution >= 4 is 11.0 Å². The van der Waals surface area contributed by atoms with Gasteiger partial charge in [-0.15, -0.1) is 0 Å². The van der Waals surface area contributed by atoms with Gasteiger partial charge in [-0.1, -0.05) is 12.1 Å². The summed E-state index contributed by atoms with van der Waals surface area (Å²) in [6.07, 6.45) is 3.16. The number of nitrogens with one attached hydrogen (secondary N) is 1. The van der Waals surface area contributed by atoms with Crippen molar-refractivity contribution in [2.24, 2.45) is 0 Å². The van der Waals surface area contributed by atoms with Crippen LogP contribution in [0.25, 0.3) is 22.4 Å². The van der Waals surface area contributed by atoms with E-state index in [2.05, 4.69) is 48.9 Å². The van der Waals surface area contributed by atoms with E-state index in [4.69, 9.17) is 24.5 Å². The van der Waals surface area contributed by atoms with Crippen LogP contribution in [0.2, 0.25) is 0 Å². The summed E-state index contributed by atoms with van der Waals surface area (Å²) in [7, 11) is 0. The second-order valence-electron chi connectivity index (χ2n) is 12.5. The van der Waals surface area contributed by atoms with Crippen molar-refractivity contribution in [3.05, 3.63) is 88.8 Å². The number of hydrogen-bond donors (Lipinski definition) is 1. The molecule has 0 bridgehead atoms. The molecule has 1 N–H and O–H groups in total. The molecule has 2 fully saturated rings. The van der Waals surface area contributed by atoms with Crippen molar-refractivity contribution in [1.29, 1.82) is 5.26 Å². The average Bonchev–Trinajstić information content (AvgIpc) is 3.73. The third kappa shape index (κ3) is 5.07. The number of aryl methyl sites for hydroxylation is 1. The first kappa shape index (κ1) is 28.7. The number of halogens is 1. The van der Waals surface area contributed by atoms with Gasteiger partial charge in [0.15, 0.2) is 17.3 Å². The Bertz CT molecular complexity index is 1990. The van der Waals surface area contributed by atoms with E-state index in [1.807, 2.05) is 25.1 Å². The van der Waals surface area contributed by atoms with Crippen LogP contribution in [0.5, 0.6) is 11.5 Å². The summed E-state index contributed by atoms with van der Waals surface area (Å²) in [6, 6.07) is 18.5. The maximum Gasteiger partial charge on any atom is 0.278 e. The van der Waals surface area contributed by atoms with E-state index >= 15 is 0 Å². The molecule has 0 radical (unpaired) electrons. The van der Waals surface area contributed by atoms with Gasteiger partial charge >= 0.3 is 0 Å². The van der Waals surface area contributed by atoms with Gasteiger partial charge in [-0.05, 0) is 87.7 Å². The van der Waals surface area contributed by atoms with Crippen LogP contribution in [0.1, 0.15) is 60.4 Å². The molecular formula is C35H34FN7O3. The summed E-state index contributed by atoms with van der Waals surface area (Å²) in [5.74, 6) is 2.20. The average molecular weight is 620 g/mol. The van der Waals surface area contributed by atoms with Crippen molar-refractivity contribution in [3.8, 4) is 29.0 Å². The zero-order chi connectivity index (χ0) is 31.4. The molecule has 46 heavy (non-hydrogen) atoms. The lowest BCUT2D eigenvalue weighted by Crippen LogP contribution is -2.35. The fraction of sp³-hybridized carbons (Fsp3) is 0.371. The maximum absolute atomic E-state index is 15.0. The number of imidazole rings is 1. The molecule has 2 saturated heterocycles. The Morgan fingerprint density at radius 3 is 2.63 bits per heavy atom. The first-order chi connectivity index (χ1) is 22.4. The Kier molecular flexibility index (Phi) is 7.00. The molecule has 11 heteroatoms. The molecule has 0 spiro atoms. The molecule has 8 rings (SSSR count). The molecule has 2 aromatic heterocycles. The van der Waals surface area contributed by atoms with Crippen molar-refractivity contribution in [3.63, 3.8) is 0 Å². The summed E-state index contributed by atoms with van der Waals surface area (Å²) < 4.78 is 35.7. The second-order valence-corrected chi connectivity index (χ2v) is 12.5. The Labute approximate surface area is 265 Å². The predicted octanol–water partition coefficient (Wildman–Crippen LogP) is 5.95. The highest BCUT2D eigenvalue weighted by Gasteiger charge is 2.43. The van der Waals surface area contributed by atoms with Crippen LogP contribution < -0.4 is 9.47 Å². The van der Waals surface area contributed by atoms with Gasteiger partial charge in [-0.2, -0.15) is 10.4 Å². The number of benzene rings is 3. The van der Waals surface area contributed by atoms with E-state index in [0.717, 1.165) is 85.9 Å². The highest BCUT2D eigenvalue weighted by molar-refractivity contribution is 5.81. The van der Waals surface area contributed by atoms with Crippen LogP contribution in [-0.2, 0) is 23.6 Å². The quantitative estimate of drug-likeness (QED) is 0.238. The number of H-pyrrole nitrogens is 1. The number of aromatic nitrogens is 5. The fourth-order valence-corrected chi connectivity index (χ4v) is 6.88. The minimum absolute atomic E-state index is 0.211. The van der Waals surface area contributed by atoms with Crippen LogP contribution in [0, 0.1) is 24.1 Å². The Hall–Kier alpha value is -4.79. The molecule has 5 aromatic rings. The van der Waals surface area contributed by atoms with E-state index in [1.165, 1.54) is 6.07 Å². The molecule has 2 unspecified atom stereocenters. The molecule has 3 aromatic carbocycles. The molecule has 3 aliphatic heterocycles. The van der Waals surface area contributed by atoms with E-state index in [1.54, 1.807) is 19.1 Å². The van der Waals surface area contributed by atoms with Crippen molar-refractivity contribution in [1.82, 2.24) is 29.6 Å². The van der Waals surface area contributed by atoms with E-state index < -0.39 is 11.6 Å². The topological polar surface area (TPSA) is 114 Å². The molecule has 0 amide bonds. The van der Waals surface area contributed by atoms with Crippen molar-refractivity contribution in [2.75, 3.05) is 19.7 Å². The largest absolute Gasteiger partial charge is 0.444 e. The van der Waals surface area contributed by atoms with Crippen molar-refractivity contribution in [2.45, 2.75) is 64.0 Å². The van der Waals surface area contributed by atoms with Gasteiger partial charge in [0.1, 0.15) is 17.5 Å². The predicted molar refractivity (Wildman–Crippen MR) is 168 cm³/mol. The highest BCUT2D eigenvalue weighted by Crippen LogP contribution is 2.49. The number of nitrogens with zero attached hydrogens (tertiary/aromatic N) is 6. The molecular weight excluding hydrogens is 585 g/mol. The van der Waals surface area contributed by atoms with Gasteiger partial charge in [0, 0.05) is 24.7 Å². The first-order valence-electron chi connectivity index (χ1n) is 15.8. The number of nitriles is 1. The maximum atomic E-state index is 15.0. The zero-order valence-electron chi connectivity index (χ0n) is 25.8. The summed E-state index contributed by atoms with van der Waals surface area (Å²) in [6.45, 7) is 7.77. The number of ether oxygens (including phenoxy) is 3. The smallest absolute Gasteiger partial charge is 0.278 e. The Balaban J connectivity index is 0.997. The number of rotatable bonds is 7. The van der Waals surface area contributed by atoms with Crippen LogP contribution in [0.4, 0.5) is 4.39 Å². The molecule has 234 valence electrons. The number of piperidine rings is 1. The Morgan fingerprint density at radius 2 is 1.91 bits per heavy atom. The number of para-hydroxylation sites is 1. The number of aromatic amines is 1. The summed E-state index contributed by atoms with van der Waals surface area (Å²) >= 11 is 0. The van der Waals surface area contributed by atoms with Crippen LogP contribution in [0.15, 0.2) is 54.6 Å². The third-order valence-corrected chi connectivity index (χ3v) is 9.45. The van der Waals surface area contributed by atoms with Crippen molar-refractivity contribution < 1.29 is 18.6 Å². The van der Waals surface area contributed by atoms with Crippen LogP contribution in [-0.4, -0.2) is 55.4 Å². The minimum atomic E-state index is -1.31. The molecule has 10 nitrogen and oxygen atoms in total. The minimum Gasteiger partial charge on any atom is -0.444 e. The number of fused-ring (bicyclic) bond motifs is 2. The van der Waals surface area contributed by atoms with Gasteiger partial charge in [-0.3, -0.25) is 10.00 Å². The molecule has 2 atom stereocenters. The molecule has 0 aliphatic carbocycles. The lowest BCUT2D eigenvalue weighted by atomic mass is 9.88. The monoisotopic (exact) mass is 619 g/mol. The van der Waals surface area contributed by atoms with Gasteiger partial charge in [0.25, 0.3) is 5.79 Å². The summed E-state index contributed by atoms with van der Waals surface area (Å²) in [5.41, 5.74) is 4.57. The normalized spacial score (nSPS) is 21.4.